The first kappa shape index (κ1) is 21.2. The SMILES string of the molecule is COc1ccc(-c2nc3ccc(C(=O)OCC(=O)Nc4cccc5ccccc45)cc3[nH]2)cc1. The number of hydrogen-bond donors (Lipinski definition) is 2. The number of rotatable bonds is 6. The second-order valence-corrected chi connectivity index (χ2v) is 7.70. The van der Waals surface area contributed by atoms with E-state index in [0.717, 1.165) is 27.6 Å². The number of esters is 1. The van der Waals surface area contributed by atoms with Gasteiger partial charge in [0.05, 0.1) is 23.7 Å². The highest BCUT2D eigenvalue weighted by atomic mass is 16.5. The Morgan fingerprint density at radius 2 is 1.74 bits per heavy atom. The number of H-pyrrole nitrogens is 1. The number of carbonyl (C=O) groups is 2. The zero-order valence-electron chi connectivity index (χ0n) is 18.4. The molecule has 0 aliphatic heterocycles. The van der Waals surface area contributed by atoms with Gasteiger partial charge in [-0.05, 0) is 53.9 Å². The maximum Gasteiger partial charge on any atom is 0.338 e. The summed E-state index contributed by atoms with van der Waals surface area (Å²) in [4.78, 5) is 32.7. The molecule has 168 valence electrons. The van der Waals surface area contributed by atoms with E-state index in [-0.39, 0.29) is 6.61 Å². The molecule has 7 heteroatoms. The molecule has 0 spiro atoms. The number of ether oxygens (including phenoxy) is 2. The fourth-order valence-electron chi connectivity index (χ4n) is 3.76. The van der Waals surface area contributed by atoms with Crippen molar-refractivity contribution in [2.75, 3.05) is 19.0 Å². The van der Waals surface area contributed by atoms with Crippen LogP contribution in [0.5, 0.6) is 5.75 Å². The monoisotopic (exact) mass is 451 g/mol. The Labute approximate surface area is 195 Å². The number of anilines is 1. The van der Waals surface area contributed by atoms with Gasteiger partial charge in [-0.2, -0.15) is 0 Å². The molecule has 0 unspecified atom stereocenters. The number of nitrogens with one attached hydrogen (secondary N) is 2. The highest BCUT2D eigenvalue weighted by molar-refractivity contribution is 6.03. The fourth-order valence-corrected chi connectivity index (χ4v) is 3.76. The minimum Gasteiger partial charge on any atom is -0.497 e. The van der Waals surface area contributed by atoms with E-state index in [1.807, 2.05) is 66.7 Å². The van der Waals surface area contributed by atoms with Gasteiger partial charge in [-0.25, -0.2) is 9.78 Å². The third-order valence-corrected chi connectivity index (χ3v) is 5.48. The Balaban J connectivity index is 1.26. The zero-order valence-corrected chi connectivity index (χ0v) is 18.4. The summed E-state index contributed by atoms with van der Waals surface area (Å²) in [6, 6.07) is 25.9. The topological polar surface area (TPSA) is 93.3 Å². The van der Waals surface area contributed by atoms with E-state index in [1.165, 1.54) is 0 Å². The van der Waals surface area contributed by atoms with Crippen molar-refractivity contribution in [3.8, 4) is 17.1 Å². The van der Waals surface area contributed by atoms with Crippen molar-refractivity contribution in [1.82, 2.24) is 9.97 Å². The molecule has 0 aliphatic rings. The quantitative estimate of drug-likeness (QED) is 0.347. The van der Waals surface area contributed by atoms with Crippen molar-refractivity contribution >= 4 is 39.4 Å². The molecule has 4 aromatic carbocycles. The Morgan fingerprint density at radius 1 is 0.941 bits per heavy atom. The van der Waals surface area contributed by atoms with Gasteiger partial charge in [0, 0.05) is 16.6 Å². The van der Waals surface area contributed by atoms with Crippen molar-refractivity contribution in [2.45, 2.75) is 0 Å². The lowest BCUT2D eigenvalue weighted by Gasteiger charge is -2.09. The molecule has 0 saturated heterocycles. The minimum atomic E-state index is -0.587. The van der Waals surface area contributed by atoms with Crippen molar-refractivity contribution in [3.63, 3.8) is 0 Å². The molecule has 34 heavy (non-hydrogen) atoms. The van der Waals surface area contributed by atoms with Crippen LogP contribution in [-0.4, -0.2) is 35.6 Å². The van der Waals surface area contributed by atoms with Gasteiger partial charge in [-0.15, -0.1) is 0 Å². The van der Waals surface area contributed by atoms with Crippen molar-refractivity contribution < 1.29 is 19.1 Å². The van der Waals surface area contributed by atoms with Gasteiger partial charge in [-0.1, -0.05) is 36.4 Å². The Morgan fingerprint density at radius 3 is 2.56 bits per heavy atom. The van der Waals surface area contributed by atoms with E-state index in [1.54, 1.807) is 25.3 Å². The molecule has 7 nitrogen and oxygen atoms in total. The Kier molecular flexibility index (Phi) is 5.66. The number of nitrogens with zero attached hydrogens (tertiary/aromatic N) is 1. The first-order chi connectivity index (χ1) is 16.6. The molecule has 0 atom stereocenters. The number of imidazole rings is 1. The lowest BCUT2D eigenvalue weighted by molar-refractivity contribution is -0.119. The molecule has 1 amide bonds. The number of fused-ring (bicyclic) bond motifs is 2. The predicted molar refractivity (Wildman–Crippen MR) is 131 cm³/mol. The van der Waals surface area contributed by atoms with Crippen molar-refractivity contribution in [1.29, 1.82) is 0 Å². The molecule has 5 rings (SSSR count). The molecule has 2 N–H and O–H groups in total. The van der Waals surface area contributed by atoms with E-state index in [0.29, 0.717) is 22.6 Å². The predicted octanol–water partition coefficient (Wildman–Crippen LogP) is 5.19. The van der Waals surface area contributed by atoms with Crippen LogP contribution >= 0.6 is 0 Å². The first-order valence-electron chi connectivity index (χ1n) is 10.7. The summed E-state index contributed by atoms with van der Waals surface area (Å²) in [5.41, 5.74) is 3.31. The fraction of sp³-hybridized carbons (Fsp3) is 0.0741. The Bertz CT molecular complexity index is 1500. The number of methoxy groups -OCH3 is 1. The van der Waals surface area contributed by atoms with Crippen LogP contribution in [0.3, 0.4) is 0 Å². The van der Waals surface area contributed by atoms with Gasteiger partial charge in [0.2, 0.25) is 0 Å². The highest BCUT2D eigenvalue weighted by Gasteiger charge is 2.14. The summed E-state index contributed by atoms with van der Waals surface area (Å²) >= 11 is 0. The highest BCUT2D eigenvalue weighted by Crippen LogP contribution is 2.24. The van der Waals surface area contributed by atoms with E-state index in [9.17, 15) is 9.59 Å². The second-order valence-electron chi connectivity index (χ2n) is 7.70. The van der Waals surface area contributed by atoms with Gasteiger partial charge < -0.3 is 19.8 Å². The molecule has 1 heterocycles. The summed E-state index contributed by atoms with van der Waals surface area (Å²) in [5, 5.41) is 4.74. The standard InChI is InChI=1S/C27H21N3O4/c1-33-20-12-9-18(10-13-20)26-29-23-14-11-19(15-24(23)30-26)27(32)34-16-25(31)28-22-8-4-6-17-5-2-3-7-21(17)22/h2-15H,16H2,1H3,(H,28,31)(H,29,30). The molecule has 0 bridgehead atoms. The van der Waals surface area contributed by atoms with E-state index in [4.69, 9.17) is 9.47 Å². The molecule has 0 aliphatic carbocycles. The van der Waals surface area contributed by atoms with Crippen molar-refractivity contribution in [2.24, 2.45) is 0 Å². The van der Waals surface area contributed by atoms with E-state index >= 15 is 0 Å². The maximum absolute atomic E-state index is 12.6. The lowest BCUT2D eigenvalue weighted by atomic mass is 10.1. The molecule has 0 fully saturated rings. The number of hydrogen-bond acceptors (Lipinski definition) is 5. The van der Waals surface area contributed by atoms with E-state index in [2.05, 4.69) is 15.3 Å². The first-order valence-corrected chi connectivity index (χ1v) is 10.7. The average Bonchev–Trinajstić information content (AvgIpc) is 3.31. The molecular formula is C27H21N3O4. The summed E-state index contributed by atoms with van der Waals surface area (Å²) in [6.07, 6.45) is 0. The number of aromatic amines is 1. The number of aromatic nitrogens is 2. The lowest BCUT2D eigenvalue weighted by Crippen LogP contribution is -2.21. The van der Waals surface area contributed by atoms with Crippen LogP contribution in [0.1, 0.15) is 10.4 Å². The third kappa shape index (κ3) is 4.31. The van der Waals surface area contributed by atoms with Gasteiger partial charge in [-0.3, -0.25) is 4.79 Å². The summed E-state index contributed by atoms with van der Waals surface area (Å²) in [6.45, 7) is -0.389. The van der Waals surface area contributed by atoms with Crippen LogP contribution in [0.15, 0.2) is 84.9 Å². The largest absolute Gasteiger partial charge is 0.497 e. The van der Waals surface area contributed by atoms with Crippen LogP contribution in [0, 0.1) is 0 Å². The van der Waals surface area contributed by atoms with Crippen molar-refractivity contribution in [3.05, 3.63) is 90.5 Å². The molecular weight excluding hydrogens is 430 g/mol. The van der Waals surface area contributed by atoms with E-state index < -0.39 is 11.9 Å². The smallest absolute Gasteiger partial charge is 0.338 e. The molecule has 5 aromatic rings. The van der Waals surface area contributed by atoms with Crippen LogP contribution in [-0.2, 0) is 9.53 Å². The minimum absolute atomic E-state index is 0.329. The number of benzene rings is 4. The molecule has 0 radical (unpaired) electrons. The van der Waals surface area contributed by atoms with Gasteiger partial charge in [0.1, 0.15) is 11.6 Å². The van der Waals surface area contributed by atoms with Crippen LogP contribution < -0.4 is 10.1 Å². The summed E-state index contributed by atoms with van der Waals surface area (Å²) < 4.78 is 10.4. The molecule has 0 saturated carbocycles. The summed E-state index contributed by atoms with van der Waals surface area (Å²) in [7, 11) is 1.62. The normalized spacial score (nSPS) is 10.9. The van der Waals surface area contributed by atoms with Gasteiger partial charge in [0.15, 0.2) is 6.61 Å². The summed E-state index contributed by atoms with van der Waals surface area (Å²) in [5.74, 6) is 0.441. The number of carbonyl (C=O) groups excluding carboxylic acids is 2. The Hall–Kier alpha value is -4.65. The van der Waals surface area contributed by atoms with Gasteiger partial charge >= 0.3 is 5.97 Å². The molecule has 1 aromatic heterocycles. The van der Waals surface area contributed by atoms with Crippen LogP contribution in [0.4, 0.5) is 5.69 Å². The maximum atomic E-state index is 12.6. The zero-order chi connectivity index (χ0) is 23.5. The number of amides is 1. The van der Waals surface area contributed by atoms with Gasteiger partial charge in [0.25, 0.3) is 5.91 Å². The van der Waals surface area contributed by atoms with Crippen LogP contribution in [0.2, 0.25) is 0 Å². The average molecular weight is 451 g/mol. The van der Waals surface area contributed by atoms with Crippen LogP contribution in [0.25, 0.3) is 33.2 Å². The second kappa shape index (κ2) is 9.07. The third-order valence-electron chi connectivity index (χ3n) is 5.48.